The summed E-state index contributed by atoms with van der Waals surface area (Å²) in [5, 5.41) is 0. The second-order valence-electron chi connectivity index (χ2n) is 8.03. The van der Waals surface area contributed by atoms with E-state index in [2.05, 4.69) is 19.0 Å². The van der Waals surface area contributed by atoms with Crippen LogP contribution in [0, 0.1) is 5.92 Å². The summed E-state index contributed by atoms with van der Waals surface area (Å²) in [6, 6.07) is 5.48. The van der Waals surface area contributed by atoms with Crippen molar-refractivity contribution in [3.8, 4) is 11.5 Å². The Morgan fingerprint density at radius 2 is 2.00 bits per heavy atom. The average Bonchev–Trinajstić information content (AvgIpc) is 2.84. The molecule has 4 rings (SSSR count). The number of hydrogen-bond acceptors (Lipinski definition) is 5. The van der Waals surface area contributed by atoms with Gasteiger partial charge in [0.2, 0.25) is 0 Å². The SMILES string of the molecule is CN(C)C[C@H]1CCC2(CN(C(=O)c3ccc4c(c3)OCCCO4)C2)OC1. The van der Waals surface area contributed by atoms with Gasteiger partial charge in [0.15, 0.2) is 11.5 Å². The quantitative estimate of drug-likeness (QED) is 0.826. The summed E-state index contributed by atoms with van der Waals surface area (Å²) in [5.41, 5.74) is 0.537. The molecule has 1 spiro atoms. The van der Waals surface area contributed by atoms with Gasteiger partial charge in [0.05, 0.1) is 32.9 Å². The van der Waals surface area contributed by atoms with Crippen LogP contribution in [0.5, 0.6) is 11.5 Å². The summed E-state index contributed by atoms with van der Waals surface area (Å²) in [7, 11) is 4.20. The molecule has 3 heterocycles. The highest BCUT2D eigenvalue weighted by atomic mass is 16.5. The predicted molar refractivity (Wildman–Crippen MR) is 97.9 cm³/mol. The smallest absolute Gasteiger partial charge is 0.254 e. The second kappa shape index (κ2) is 7.08. The van der Waals surface area contributed by atoms with E-state index < -0.39 is 0 Å². The number of ether oxygens (including phenoxy) is 3. The van der Waals surface area contributed by atoms with Crippen molar-refractivity contribution in [2.45, 2.75) is 24.9 Å². The number of hydrogen-bond donors (Lipinski definition) is 0. The number of carbonyl (C=O) groups is 1. The van der Waals surface area contributed by atoms with Gasteiger partial charge in [-0.3, -0.25) is 4.79 Å². The van der Waals surface area contributed by atoms with E-state index in [0.717, 1.165) is 31.7 Å². The van der Waals surface area contributed by atoms with Gasteiger partial charge in [0.1, 0.15) is 5.60 Å². The van der Waals surface area contributed by atoms with E-state index >= 15 is 0 Å². The number of fused-ring (bicyclic) bond motifs is 1. The minimum absolute atomic E-state index is 0.0466. The lowest BCUT2D eigenvalue weighted by molar-refractivity contribution is -0.168. The van der Waals surface area contributed by atoms with E-state index in [-0.39, 0.29) is 11.5 Å². The molecular weight excluding hydrogens is 332 g/mol. The van der Waals surface area contributed by atoms with E-state index in [1.807, 2.05) is 23.1 Å². The van der Waals surface area contributed by atoms with Crippen LogP contribution in [0.3, 0.4) is 0 Å². The molecule has 6 heteroatoms. The molecule has 142 valence electrons. The lowest BCUT2D eigenvalue weighted by Gasteiger charge is -2.53. The fourth-order valence-electron chi connectivity index (χ4n) is 4.10. The molecule has 2 fully saturated rings. The van der Waals surface area contributed by atoms with Crippen molar-refractivity contribution >= 4 is 5.91 Å². The zero-order chi connectivity index (χ0) is 18.1. The van der Waals surface area contributed by atoms with Crippen molar-refractivity contribution in [3.63, 3.8) is 0 Å². The fourth-order valence-corrected chi connectivity index (χ4v) is 4.10. The van der Waals surface area contributed by atoms with Crippen LogP contribution < -0.4 is 9.47 Å². The van der Waals surface area contributed by atoms with Gasteiger partial charge >= 0.3 is 0 Å². The van der Waals surface area contributed by atoms with Crippen LogP contribution in [0.2, 0.25) is 0 Å². The summed E-state index contributed by atoms with van der Waals surface area (Å²) in [4.78, 5) is 16.9. The molecule has 6 nitrogen and oxygen atoms in total. The van der Waals surface area contributed by atoms with Crippen LogP contribution in [0.15, 0.2) is 18.2 Å². The van der Waals surface area contributed by atoms with Gasteiger partial charge in [-0.1, -0.05) is 0 Å². The molecule has 0 aromatic heterocycles. The number of rotatable bonds is 3. The molecule has 26 heavy (non-hydrogen) atoms. The maximum Gasteiger partial charge on any atom is 0.254 e. The molecule has 3 aliphatic heterocycles. The van der Waals surface area contributed by atoms with Gasteiger partial charge in [0.25, 0.3) is 5.91 Å². The van der Waals surface area contributed by atoms with Crippen molar-refractivity contribution in [1.29, 1.82) is 0 Å². The van der Waals surface area contributed by atoms with Gasteiger partial charge in [-0.2, -0.15) is 0 Å². The topological polar surface area (TPSA) is 51.2 Å². The van der Waals surface area contributed by atoms with Crippen LogP contribution in [-0.4, -0.2) is 74.9 Å². The van der Waals surface area contributed by atoms with E-state index in [9.17, 15) is 4.79 Å². The molecule has 0 radical (unpaired) electrons. The van der Waals surface area contributed by atoms with Crippen LogP contribution in [0.4, 0.5) is 0 Å². The zero-order valence-corrected chi connectivity index (χ0v) is 15.7. The predicted octanol–water partition coefficient (Wildman–Crippen LogP) is 2.03. The Kier molecular flexibility index (Phi) is 4.80. The van der Waals surface area contributed by atoms with Crippen molar-refractivity contribution in [1.82, 2.24) is 9.80 Å². The summed E-state index contributed by atoms with van der Waals surface area (Å²) in [6.45, 7) is 4.52. The Balaban J connectivity index is 1.34. The lowest BCUT2D eigenvalue weighted by atomic mass is 9.82. The first-order valence-electron chi connectivity index (χ1n) is 9.52. The monoisotopic (exact) mass is 360 g/mol. The Hall–Kier alpha value is -1.79. The summed E-state index contributed by atoms with van der Waals surface area (Å²) in [5.74, 6) is 2.04. The third-order valence-corrected chi connectivity index (χ3v) is 5.50. The molecule has 1 amide bonds. The average molecular weight is 360 g/mol. The van der Waals surface area contributed by atoms with E-state index in [1.165, 1.54) is 6.42 Å². The molecule has 1 atom stereocenters. The molecular formula is C20H28N2O4. The summed E-state index contributed by atoms with van der Waals surface area (Å²) < 4.78 is 17.5. The Morgan fingerprint density at radius 3 is 2.69 bits per heavy atom. The number of carbonyl (C=O) groups excluding carboxylic acids is 1. The maximum atomic E-state index is 12.8. The molecule has 0 saturated carbocycles. The highest BCUT2D eigenvalue weighted by molar-refractivity contribution is 5.95. The molecule has 1 aromatic carbocycles. The number of likely N-dealkylation sites (tertiary alicyclic amines) is 1. The maximum absolute atomic E-state index is 12.8. The number of nitrogens with zero attached hydrogens (tertiary/aromatic N) is 2. The van der Waals surface area contributed by atoms with Gasteiger partial charge in [-0.25, -0.2) is 0 Å². The van der Waals surface area contributed by atoms with Crippen molar-refractivity contribution in [2.75, 3.05) is 53.6 Å². The number of amides is 1. The molecule has 2 saturated heterocycles. The molecule has 0 aliphatic carbocycles. The van der Waals surface area contributed by atoms with Crippen molar-refractivity contribution in [3.05, 3.63) is 23.8 Å². The van der Waals surface area contributed by atoms with Crippen LogP contribution >= 0.6 is 0 Å². The highest BCUT2D eigenvalue weighted by Gasteiger charge is 2.48. The third-order valence-electron chi connectivity index (χ3n) is 5.50. The Bertz CT molecular complexity index is 660. The highest BCUT2D eigenvalue weighted by Crippen LogP contribution is 2.37. The molecule has 0 unspecified atom stereocenters. The Morgan fingerprint density at radius 1 is 1.23 bits per heavy atom. The van der Waals surface area contributed by atoms with Gasteiger partial charge in [0, 0.05) is 18.5 Å². The van der Waals surface area contributed by atoms with Gasteiger partial charge < -0.3 is 24.0 Å². The first-order valence-corrected chi connectivity index (χ1v) is 9.52. The third kappa shape index (κ3) is 3.53. The largest absolute Gasteiger partial charge is 0.490 e. The van der Waals surface area contributed by atoms with Crippen LogP contribution in [0.1, 0.15) is 29.6 Å². The summed E-state index contributed by atoms with van der Waals surface area (Å²) in [6.07, 6.45) is 3.07. The molecule has 3 aliphatic rings. The minimum Gasteiger partial charge on any atom is -0.490 e. The van der Waals surface area contributed by atoms with Crippen molar-refractivity contribution in [2.24, 2.45) is 5.92 Å². The molecule has 0 N–H and O–H groups in total. The van der Waals surface area contributed by atoms with Gasteiger partial charge in [-0.15, -0.1) is 0 Å². The van der Waals surface area contributed by atoms with Crippen molar-refractivity contribution < 1.29 is 19.0 Å². The minimum atomic E-state index is -0.121. The molecule has 1 aromatic rings. The Labute approximate surface area is 155 Å². The first kappa shape index (κ1) is 17.6. The fraction of sp³-hybridized carbons (Fsp3) is 0.650. The van der Waals surface area contributed by atoms with E-state index in [0.29, 0.717) is 43.5 Å². The van der Waals surface area contributed by atoms with E-state index in [1.54, 1.807) is 0 Å². The lowest BCUT2D eigenvalue weighted by Crippen LogP contribution is -2.66. The van der Waals surface area contributed by atoms with E-state index in [4.69, 9.17) is 14.2 Å². The van der Waals surface area contributed by atoms with Crippen LogP contribution in [0.25, 0.3) is 0 Å². The second-order valence-corrected chi connectivity index (χ2v) is 8.03. The standard InChI is InChI=1S/C20H28N2O4/c1-21(2)11-15-6-7-20(26-12-15)13-22(14-20)19(23)16-4-5-17-18(10-16)25-9-3-8-24-17/h4-5,10,15H,3,6-9,11-14H2,1-2H3/t15-/m1/s1. The summed E-state index contributed by atoms with van der Waals surface area (Å²) >= 11 is 0. The van der Waals surface area contributed by atoms with Gasteiger partial charge in [-0.05, 0) is 51.1 Å². The van der Waals surface area contributed by atoms with Crippen LogP contribution in [-0.2, 0) is 4.74 Å². The number of benzene rings is 1. The molecule has 0 bridgehead atoms. The first-order chi connectivity index (χ1) is 12.5. The zero-order valence-electron chi connectivity index (χ0n) is 15.7. The normalized spacial score (nSPS) is 24.3.